The smallest absolute Gasteiger partial charge is 0.0745 e. The summed E-state index contributed by atoms with van der Waals surface area (Å²) >= 11 is 3.53. The Morgan fingerprint density at radius 1 is 1.40 bits per heavy atom. The molecule has 1 fully saturated rings. The van der Waals surface area contributed by atoms with Crippen molar-refractivity contribution in [3.05, 3.63) is 28.9 Å². The molecular weight excluding hydrogens is 318 g/mol. The molecule has 0 saturated carbocycles. The highest BCUT2D eigenvalue weighted by molar-refractivity contribution is 9.10. The molecule has 0 bridgehead atoms. The largest absolute Gasteiger partial charge is 0.396 e. The van der Waals surface area contributed by atoms with E-state index in [1.54, 1.807) is 6.20 Å². The third-order valence-electron chi connectivity index (χ3n) is 3.72. The molecule has 2 heterocycles. The summed E-state index contributed by atoms with van der Waals surface area (Å²) in [5.74, 6) is 0. The minimum atomic E-state index is 0.209. The van der Waals surface area contributed by atoms with Crippen LogP contribution < -0.4 is 10.6 Å². The standard InChI is InChI=1S/C15H18BrN3O/c1-9-8-20-10(2)7-19(9)15-12-5-11(16)3-4-14(12)18-6-13(15)17/h3-6,9-10H,7-8,17H2,1-2H3. The second-order valence-corrected chi connectivity index (χ2v) is 6.28. The van der Waals surface area contributed by atoms with E-state index in [-0.39, 0.29) is 6.10 Å². The van der Waals surface area contributed by atoms with E-state index in [1.165, 1.54) is 0 Å². The molecule has 0 radical (unpaired) electrons. The number of rotatable bonds is 1. The van der Waals surface area contributed by atoms with Crippen LogP contribution in [0.5, 0.6) is 0 Å². The van der Waals surface area contributed by atoms with Crippen molar-refractivity contribution in [1.29, 1.82) is 0 Å². The van der Waals surface area contributed by atoms with Crippen molar-refractivity contribution < 1.29 is 4.74 Å². The van der Waals surface area contributed by atoms with Crippen molar-refractivity contribution in [2.24, 2.45) is 0 Å². The molecule has 0 spiro atoms. The van der Waals surface area contributed by atoms with Crippen LogP contribution in [0.15, 0.2) is 28.9 Å². The number of pyridine rings is 1. The highest BCUT2D eigenvalue weighted by Gasteiger charge is 2.26. The molecule has 4 nitrogen and oxygen atoms in total. The van der Waals surface area contributed by atoms with E-state index < -0.39 is 0 Å². The Hall–Kier alpha value is -1.33. The second-order valence-electron chi connectivity index (χ2n) is 5.37. The zero-order valence-corrected chi connectivity index (χ0v) is 13.2. The first-order chi connectivity index (χ1) is 9.56. The average Bonchev–Trinajstić information content (AvgIpc) is 2.42. The van der Waals surface area contributed by atoms with Gasteiger partial charge in [-0.2, -0.15) is 0 Å². The number of benzene rings is 1. The third kappa shape index (κ3) is 2.36. The second kappa shape index (κ2) is 5.22. The number of nitrogens with two attached hydrogens (primary N) is 1. The molecule has 1 aromatic heterocycles. The lowest BCUT2D eigenvalue weighted by molar-refractivity contribution is 0.0345. The lowest BCUT2D eigenvalue weighted by Crippen LogP contribution is -2.47. The molecule has 2 aromatic rings. The van der Waals surface area contributed by atoms with Crippen molar-refractivity contribution in [1.82, 2.24) is 4.98 Å². The first-order valence-corrected chi connectivity index (χ1v) is 7.57. The fourth-order valence-electron chi connectivity index (χ4n) is 2.70. The highest BCUT2D eigenvalue weighted by atomic mass is 79.9. The zero-order valence-electron chi connectivity index (χ0n) is 11.6. The summed E-state index contributed by atoms with van der Waals surface area (Å²) in [7, 11) is 0. The predicted molar refractivity (Wildman–Crippen MR) is 86.1 cm³/mol. The van der Waals surface area contributed by atoms with Crippen LogP contribution in [0.3, 0.4) is 0 Å². The van der Waals surface area contributed by atoms with Gasteiger partial charge in [0.2, 0.25) is 0 Å². The molecule has 1 aliphatic heterocycles. The normalized spacial score (nSPS) is 23.2. The molecule has 1 aliphatic rings. The minimum Gasteiger partial charge on any atom is -0.396 e. The van der Waals surface area contributed by atoms with Crippen LogP contribution in [-0.2, 0) is 4.74 Å². The maximum Gasteiger partial charge on any atom is 0.0745 e. The van der Waals surface area contributed by atoms with Crippen LogP contribution in [0.25, 0.3) is 10.9 Å². The number of anilines is 2. The van der Waals surface area contributed by atoms with E-state index in [1.807, 2.05) is 12.1 Å². The Morgan fingerprint density at radius 3 is 3.00 bits per heavy atom. The predicted octanol–water partition coefficient (Wildman–Crippen LogP) is 3.19. The van der Waals surface area contributed by atoms with Gasteiger partial charge in [0.1, 0.15) is 0 Å². The summed E-state index contributed by atoms with van der Waals surface area (Å²) in [6.45, 7) is 5.82. The van der Waals surface area contributed by atoms with Gasteiger partial charge in [0.25, 0.3) is 0 Å². The summed E-state index contributed by atoms with van der Waals surface area (Å²) in [6, 6.07) is 6.40. The summed E-state index contributed by atoms with van der Waals surface area (Å²) in [6.07, 6.45) is 1.96. The lowest BCUT2D eigenvalue weighted by atomic mass is 10.1. The molecule has 0 amide bonds. The maximum absolute atomic E-state index is 6.21. The van der Waals surface area contributed by atoms with E-state index in [4.69, 9.17) is 10.5 Å². The zero-order chi connectivity index (χ0) is 14.3. The van der Waals surface area contributed by atoms with Crippen LogP contribution in [0.1, 0.15) is 13.8 Å². The van der Waals surface area contributed by atoms with Crippen LogP contribution in [0.4, 0.5) is 11.4 Å². The van der Waals surface area contributed by atoms with Gasteiger partial charge >= 0.3 is 0 Å². The van der Waals surface area contributed by atoms with E-state index in [2.05, 4.69) is 45.7 Å². The van der Waals surface area contributed by atoms with E-state index in [0.717, 1.165) is 39.9 Å². The molecule has 0 aliphatic carbocycles. The SMILES string of the molecule is CC1CN(c2c(N)cnc3ccc(Br)cc23)C(C)CO1. The quantitative estimate of drug-likeness (QED) is 0.869. The molecule has 2 unspecified atom stereocenters. The van der Waals surface area contributed by atoms with E-state index in [0.29, 0.717) is 6.04 Å². The lowest BCUT2D eigenvalue weighted by Gasteiger charge is -2.39. The van der Waals surface area contributed by atoms with E-state index >= 15 is 0 Å². The van der Waals surface area contributed by atoms with Gasteiger partial charge < -0.3 is 15.4 Å². The molecule has 1 aromatic carbocycles. The molecule has 106 valence electrons. The van der Waals surface area contributed by atoms with Gasteiger partial charge in [-0.25, -0.2) is 0 Å². The first kappa shape index (κ1) is 13.6. The topological polar surface area (TPSA) is 51.4 Å². The van der Waals surface area contributed by atoms with Gasteiger partial charge in [-0.3, -0.25) is 4.98 Å². The van der Waals surface area contributed by atoms with Crippen LogP contribution in [0.2, 0.25) is 0 Å². The van der Waals surface area contributed by atoms with Gasteiger partial charge in [-0.05, 0) is 32.0 Å². The number of nitrogen functional groups attached to an aromatic ring is 1. The Labute approximate surface area is 127 Å². The number of halogens is 1. The van der Waals surface area contributed by atoms with Crippen LogP contribution in [0, 0.1) is 0 Å². The summed E-state index contributed by atoms with van der Waals surface area (Å²) in [5, 5.41) is 1.08. The highest BCUT2D eigenvalue weighted by Crippen LogP contribution is 2.35. The van der Waals surface area contributed by atoms with Crippen molar-refractivity contribution in [3.8, 4) is 0 Å². The summed E-state index contributed by atoms with van der Waals surface area (Å²) in [5.41, 5.74) is 8.96. The molecule has 20 heavy (non-hydrogen) atoms. The Kier molecular flexibility index (Phi) is 3.56. The molecule has 5 heteroatoms. The summed E-state index contributed by atoms with van der Waals surface area (Å²) in [4.78, 5) is 6.75. The number of aromatic nitrogens is 1. The minimum absolute atomic E-state index is 0.209. The van der Waals surface area contributed by atoms with Crippen molar-refractivity contribution in [2.75, 3.05) is 23.8 Å². The molecule has 3 rings (SSSR count). The van der Waals surface area contributed by atoms with Gasteiger partial charge in [0.15, 0.2) is 0 Å². The molecule has 1 saturated heterocycles. The number of nitrogens with zero attached hydrogens (tertiary/aromatic N) is 2. The van der Waals surface area contributed by atoms with E-state index in [9.17, 15) is 0 Å². The fourth-order valence-corrected chi connectivity index (χ4v) is 3.06. The van der Waals surface area contributed by atoms with Gasteiger partial charge in [-0.15, -0.1) is 0 Å². The monoisotopic (exact) mass is 335 g/mol. The molecule has 2 atom stereocenters. The maximum atomic E-state index is 6.21. The van der Waals surface area contributed by atoms with Crippen molar-refractivity contribution in [2.45, 2.75) is 26.0 Å². The van der Waals surface area contributed by atoms with Crippen molar-refractivity contribution >= 4 is 38.2 Å². The fraction of sp³-hybridized carbons (Fsp3) is 0.400. The van der Waals surface area contributed by atoms with Gasteiger partial charge in [0.05, 0.1) is 35.8 Å². The first-order valence-electron chi connectivity index (χ1n) is 6.78. The van der Waals surface area contributed by atoms with Crippen LogP contribution in [-0.4, -0.2) is 30.3 Å². The number of morpholine rings is 1. The average molecular weight is 336 g/mol. The molecule has 2 N–H and O–H groups in total. The Bertz CT molecular complexity index is 641. The Balaban J connectivity index is 2.18. The third-order valence-corrected chi connectivity index (χ3v) is 4.22. The molecular formula is C15H18BrN3O. The van der Waals surface area contributed by atoms with Gasteiger partial charge in [0, 0.05) is 22.4 Å². The number of fused-ring (bicyclic) bond motifs is 1. The summed E-state index contributed by atoms with van der Waals surface area (Å²) < 4.78 is 6.74. The number of hydrogen-bond acceptors (Lipinski definition) is 4. The van der Waals surface area contributed by atoms with Gasteiger partial charge in [-0.1, -0.05) is 15.9 Å². The van der Waals surface area contributed by atoms with Crippen LogP contribution >= 0.6 is 15.9 Å². The Morgan fingerprint density at radius 2 is 2.20 bits per heavy atom. The number of hydrogen-bond donors (Lipinski definition) is 1. The number of ether oxygens (including phenoxy) is 1. The van der Waals surface area contributed by atoms with Crippen molar-refractivity contribution in [3.63, 3.8) is 0 Å².